The number of carboxylic acids is 1. The molecule has 2 aliphatic rings. The fraction of sp³-hybridized carbons (Fsp3) is 0.747. The van der Waals surface area contributed by atoms with Gasteiger partial charge in [0.1, 0.15) is 109 Å². The number of nitrogens with one attached hydrogen (secondary N) is 18. The molecule has 2 heterocycles. The Hall–Kier alpha value is -12.7. The summed E-state index contributed by atoms with van der Waals surface area (Å²) in [6, 6.07) is -27.3. The summed E-state index contributed by atoms with van der Waals surface area (Å²) < 4.78 is 0. The molecule has 21 atom stereocenters. The number of rotatable bonds is 66. The van der Waals surface area contributed by atoms with Crippen molar-refractivity contribution in [1.29, 1.82) is 0 Å². The maximum Gasteiger partial charge on any atom is 0.322 e. The van der Waals surface area contributed by atoms with Gasteiger partial charge < -0.3 is 170 Å². The number of hydrogen-bond donors (Lipinski definition) is 30. The number of unbranched alkanes of at least 4 members (excludes halogenated alkanes) is 1. The summed E-state index contributed by atoms with van der Waals surface area (Å²) in [5, 5.41) is 115. The van der Waals surface area contributed by atoms with E-state index in [1.54, 1.807) is 69.2 Å². The van der Waals surface area contributed by atoms with Crippen molar-refractivity contribution >= 4 is 136 Å². The van der Waals surface area contributed by atoms with Gasteiger partial charge in [-0.1, -0.05) is 103 Å². The molecule has 0 bridgehead atoms. The highest BCUT2D eigenvalue weighted by Gasteiger charge is 2.46. The fourth-order valence-electron chi connectivity index (χ4n) is 15.5. The van der Waals surface area contributed by atoms with E-state index in [2.05, 4.69) is 101 Å². The van der Waals surface area contributed by atoms with E-state index < -0.39 is 327 Å². The van der Waals surface area contributed by atoms with E-state index >= 15 is 0 Å². The maximum absolute atomic E-state index is 15.0. The molecule has 0 aromatic rings. The standard InChI is InChI=1S/C91H160N26O29/c1-17-48(14)70(113-85(141)68(46(10)11)109-75(131)53(23-18-19-29-92)102-77(133)57(39-119)106-81(137)61-26-22-32-117(61)90(146)59(41-121)108-84(140)67(45(8)9)112-79(135)58(40-120)107-88(144)72(50(16)123)114-73(129)51(93)27-28-62(94)124)87(143)105-55(34-43(4)5)89(145)116-31-21-25-60(116)80(136)103-52(24-20-30-97-91(95)96)74(130)99-35-63(125)98-36-64(126)101-56(38-118)78(134)111-66(44(6)7)83(139)104-54(33-42(2)3)76(132)110-69(47(12)13)86(142)115-71(49(15)122)82(138)100-37-65(127)128/h42-61,66-72,118-123H,17-41,92-93H2,1-16H3,(H2,94,124)(H,98,125)(H,99,130)(H,100,138)(H,101,126)(H,102,133)(H,103,136)(H,104,139)(H,105,143)(H,106,137)(H,107,144)(H,108,140)(H,109,131)(H,110,132)(H,111,134)(H,112,135)(H,113,141)(H,114,129)(H,115,142)(H,127,128)(H4,95,96,97)/t48-,49+,50+,51-,52-,53-,54-,55-,56-,57-,58-,59-,60-,61-,66-,67-,68-,69-,70-,71-,72-/m0/s1. The lowest BCUT2D eigenvalue weighted by molar-refractivity contribution is -0.143. The van der Waals surface area contributed by atoms with Crippen LogP contribution in [0.2, 0.25) is 0 Å². The minimum atomic E-state index is -1.82. The van der Waals surface area contributed by atoms with Gasteiger partial charge in [0, 0.05) is 26.1 Å². The van der Waals surface area contributed by atoms with Crippen LogP contribution in [-0.4, -0.2) is 375 Å². The van der Waals surface area contributed by atoms with Crippen LogP contribution in [0.4, 0.5) is 0 Å². The number of likely N-dealkylation sites (tertiary alicyclic amines) is 2. The molecule has 2 rings (SSSR count). The maximum atomic E-state index is 15.0. The van der Waals surface area contributed by atoms with Gasteiger partial charge >= 0.3 is 5.97 Å². The molecule has 828 valence electrons. The molecule has 0 aromatic heterocycles. The van der Waals surface area contributed by atoms with Gasteiger partial charge in [-0.2, -0.15) is 0 Å². The predicted octanol–water partition coefficient (Wildman–Crippen LogP) is -12.1. The predicted molar refractivity (Wildman–Crippen MR) is 524 cm³/mol. The number of carbonyl (C=O) groups is 22. The Balaban J connectivity index is 2.31. The monoisotopic (exact) mass is 2080 g/mol. The first-order valence-electron chi connectivity index (χ1n) is 49.2. The Bertz CT molecular complexity index is 4440. The summed E-state index contributed by atoms with van der Waals surface area (Å²) in [4.78, 5) is 307. The molecular formula is C91H160N26O29. The van der Waals surface area contributed by atoms with Crippen LogP contribution in [0, 0.1) is 41.4 Å². The first-order chi connectivity index (χ1) is 68.4. The number of aliphatic hydroxyl groups is 6. The highest BCUT2D eigenvalue weighted by molar-refractivity contribution is 6.03. The topological polar surface area (TPSA) is 883 Å². The third-order valence-electron chi connectivity index (χ3n) is 24.0. The fourth-order valence-corrected chi connectivity index (χ4v) is 15.5. The lowest BCUT2D eigenvalue weighted by Gasteiger charge is -2.33. The van der Waals surface area contributed by atoms with Gasteiger partial charge in [-0.25, -0.2) is 0 Å². The second kappa shape index (κ2) is 65.0. The van der Waals surface area contributed by atoms with Gasteiger partial charge in [0.05, 0.1) is 57.8 Å². The third kappa shape index (κ3) is 43.9. The number of primary amides is 1. The molecule has 0 spiro atoms. The quantitative estimate of drug-likeness (QED) is 0.0153. The van der Waals surface area contributed by atoms with Crippen LogP contribution in [0.5, 0.6) is 0 Å². The minimum Gasteiger partial charge on any atom is -0.480 e. The Kier molecular flexibility index (Phi) is 57.6. The Labute approximate surface area is 848 Å². The van der Waals surface area contributed by atoms with Gasteiger partial charge in [0.25, 0.3) is 0 Å². The molecule has 55 nitrogen and oxygen atoms in total. The van der Waals surface area contributed by atoms with E-state index in [1.807, 2.05) is 0 Å². The van der Waals surface area contributed by atoms with Crippen LogP contribution < -0.4 is 124 Å². The lowest BCUT2D eigenvalue weighted by atomic mass is 9.95. The number of hydrogen-bond acceptors (Lipinski definition) is 31. The summed E-state index contributed by atoms with van der Waals surface area (Å²) in [5.41, 5.74) is 27.8. The van der Waals surface area contributed by atoms with E-state index in [9.17, 15) is 136 Å². The minimum absolute atomic E-state index is 0.00314. The molecule has 55 heteroatoms. The number of aliphatic imine (C=N–C) groups is 1. The third-order valence-corrected chi connectivity index (χ3v) is 24.0. The first kappa shape index (κ1) is 129. The molecular weight excluding hydrogens is 1920 g/mol. The second-order valence-electron chi connectivity index (χ2n) is 38.6. The summed E-state index contributed by atoms with van der Waals surface area (Å²) in [5.74, 6) is -26.0. The van der Waals surface area contributed by atoms with Gasteiger partial charge in [-0.05, 0) is 139 Å². The van der Waals surface area contributed by atoms with Gasteiger partial charge in [-0.15, -0.1) is 0 Å². The zero-order valence-electron chi connectivity index (χ0n) is 86.1. The molecule has 2 aliphatic heterocycles. The van der Waals surface area contributed by atoms with Gasteiger partial charge in [-0.3, -0.25) is 110 Å². The average Bonchev–Trinajstić information content (AvgIpc) is 1.65. The molecule has 146 heavy (non-hydrogen) atoms. The summed E-state index contributed by atoms with van der Waals surface area (Å²) in [6.07, 6.45) is -2.54. The Morgan fingerprint density at radius 3 is 1.14 bits per heavy atom. The Morgan fingerprint density at radius 2 is 0.699 bits per heavy atom. The Morgan fingerprint density at radius 1 is 0.356 bits per heavy atom. The van der Waals surface area contributed by atoms with Crippen LogP contribution in [0.25, 0.3) is 0 Å². The molecule has 0 aliphatic carbocycles. The van der Waals surface area contributed by atoms with Crippen LogP contribution in [0.15, 0.2) is 4.99 Å². The van der Waals surface area contributed by atoms with E-state index in [4.69, 9.17) is 33.8 Å². The van der Waals surface area contributed by atoms with Crippen LogP contribution in [-0.2, 0) is 105 Å². The highest BCUT2D eigenvalue weighted by Crippen LogP contribution is 2.25. The number of aliphatic carboxylic acids is 1. The van der Waals surface area contributed by atoms with Crippen LogP contribution in [0.3, 0.4) is 0 Å². The van der Waals surface area contributed by atoms with Crippen molar-refractivity contribution in [1.82, 2.24) is 106 Å². The molecule has 2 fully saturated rings. The highest BCUT2D eigenvalue weighted by atomic mass is 16.4. The SMILES string of the molecule is CC[C@H](C)[C@H](NC(=O)[C@@H](NC(=O)[C@H](CCCCN)NC(=O)[C@H](CO)NC(=O)[C@@H]1CCCN1C(=O)[C@H](CO)NC(=O)[C@@H](NC(=O)[C@H](CO)NC(=O)[C@@H](NC(=O)[C@@H](N)CCC(N)=O)[C@@H](C)O)C(C)C)C(C)C)C(=O)N[C@@H](CC(C)C)C(=O)N1CCC[C@H]1C(=O)N[C@@H](CCCN=C(N)N)C(=O)NCC(=O)NCC(=O)N[C@@H](CO)C(=O)N[C@H](C(=O)N[C@@H](CC(C)C)C(=O)N[C@H](C(=O)N[C@H](C(=O)NCC(=O)O)[C@@H](C)O)C(C)C)C(C)C. The van der Waals surface area contributed by atoms with E-state index in [1.165, 1.54) is 39.5 Å². The average molecular weight is 2080 g/mol. The lowest BCUT2D eigenvalue weighted by Crippen LogP contribution is -2.63. The van der Waals surface area contributed by atoms with E-state index in [0.717, 1.165) is 11.8 Å². The van der Waals surface area contributed by atoms with Gasteiger partial charge in [0.15, 0.2) is 5.96 Å². The largest absolute Gasteiger partial charge is 0.480 e. The molecule has 0 saturated carbocycles. The van der Waals surface area contributed by atoms with Crippen molar-refractivity contribution in [3.8, 4) is 0 Å². The van der Waals surface area contributed by atoms with E-state index in [-0.39, 0.29) is 127 Å². The van der Waals surface area contributed by atoms with Crippen molar-refractivity contribution in [2.75, 3.05) is 72.2 Å². The molecule has 0 aromatic carbocycles. The molecule has 0 radical (unpaired) electrons. The normalized spacial score (nSPS) is 17.4. The zero-order valence-corrected chi connectivity index (χ0v) is 86.1. The molecule has 21 amide bonds. The van der Waals surface area contributed by atoms with Crippen LogP contribution >= 0.6 is 0 Å². The summed E-state index contributed by atoms with van der Waals surface area (Å²) >= 11 is 0. The molecule has 35 N–H and O–H groups in total. The molecule has 2 saturated heterocycles. The summed E-state index contributed by atoms with van der Waals surface area (Å²) in [7, 11) is 0. The van der Waals surface area contributed by atoms with Crippen molar-refractivity contribution in [2.45, 2.75) is 322 Å². The van der Waals surface area contributed by atoms with Crippen molar-refractivity contribution < 1.29 is 141 Å². The van der Waals surface area contributed by atoms with Crippen LogP contribution in [0.1, 0.15) is 201 Å². The number of nitrogens with zero attached hydrogens (tertiary/aromatic N) is 3. The molecule has 0 unspecified atom stereocenters. The van der Waals surface area contributed by atoms with Crippen molar-refractivity contribution in [2.24, 2.45) is 75.1 Å². The van der Waals surface area contributed by atoms with Gasteiger partial charge in [0.2, 0.25) is 124 Å². The second-order valence-corrected chi connectivity index (χ2v) is 38.6. The summed E-state index contributed by atoms with van der Waals surface area (Å²) in [6.45, 7) is 18.2. The van der Waals surface area contributed by atoms with Crippen molar-refractivity contribution in [3.63, 3.8) is 0 Å². The number of guanidine groups is 1. The zero-order chi connectivity index (χ0) is 111. The van der Waals surface area contributed by atoms with E-state index in [0.29, 0.717) is 6.42 Å². The number of amides is 21. The smallest absolute Gasteiger partial charge is 0.322 e. The number of carboxylic acid groups (broad SMARTS) is 1. The number of nitrogens with two attached hydrogens (primary N) is 5. The number of carbonyl (C=O) groups excluding carboxylic acids is 21. The first-order valence-corrected chi connectivity index (χ1v) is 49.2. The number of aliphatic hydroxyl groups excluding tert-OH is 6. The van der Waals surface area contributed by atoms with Crippen molar-refractivity contribution in [3.05, 3.63) is 0 Å².